The second-order valence-corrected chi connectivity index (χ2v) is 9.28. The third-order valence-electron chi connectivity index (χ3n) is 5.40. The number of carbonyl (C=O) groups is 1. The topological polar surface area (TPSA) is 122 Å². The molecule has 10 heteroatoms. The molecule has 2 N–H and O–H groups in total. The van der Waals surface area contributed by atoms with Gasteiger partial charge in [-0.05, 0) is 54.8 Å². The summed E-state index contributed by atoms with van der Waals surface area (Å²) in [6.07, 6.45) is 1.51. The fourth-order valence-corrected chi connectivity index (χ4v) is 5.46. The van der Waals surface area contributed by atoms with Crippen molar-refractivity contribution < 1.29 is 23.2 Å². The monoisotopic (exact) mass is 468 g/mol. The molecule has 1 aliphatic rings. The first-order chi connectivity index (χ1) is 15.8. The fourth-order valence-electron chi connectivity index (χ4n) is 3.88. The number of carbonyl (C=O) groups excluding carboxylic acids is 1. The van der Waals surface area contributed by atoms with Gasteiger partial charge in [0.15, 0.2) is 0 Å². The Hall–Kier alpha value is -3.60. The van der Waals surface area contributed by atoms with Crippen LogP contribution in [0, 0.1) is 5.21 Å². The zero-order valence-electron chi connectivity index (χ0n) is 17.8. The summed E-state index contributed by atoms with van der Waals surface area (Å²) in [4.78, 5) is 12.9. The molecule has 0 aliphatic carbocycles. The average Bonchev–Trinajstić information content (AvgIpc) is 2.83. The lowest BCUT2D eigenvalue weighted by atomic mass is 10.0. The lowest BCUT2D eigenvalue weighted by Crippen LogP contribution is -2.35. The van der Waals surface area contributed by atoms with Crippen molar-refractivity contribution in [2.24, 2.45) is 0 Å². The number of benzene rings is 3. The molecule has 3 aromatic carbocycles. The molecule has 0 fully saturated rings. The van der Waals surface area contributed by atoms with E-state index in [9.17, 15) is 23.6 Å². The number of nitrogens with zero attached hydrogens (tertiary/aromatic N) is 2. The van der Waals surface area contributed by atoms with E-state index in [1.54, 1.807) is 12.1 Å². The van der Waals surface area contributed by atoms with Crippen LogP contribution < -0.4 is 19.6 Å². The number of hydrogen-bond acceptors (Lipinski definition) is 7. The van der Waals surface area contributed by atoms with Crippen LogP contribution in [0.25, 0.3) is 0 Å². The molecule has 4 rings (SSSR count). The number of methoxy groups -OCH3 is 1. The summed E-state index contributed by atoms with van der Waals surface area (Å²) in [5, 5.41) is 23.2. The third kappa shape index (κ3) is 4.36. The second-order valence-electron chi connectivity index (χ2n) is 7.42. The van der Waals surface area contributed by atoms with E-state index < -0.39 is 21.2 Å². The Balaban J connectivity index is 1.64. The summed E-state index contributed by atoms with van der Waals surface area (Å²) in [6.45, 7) is 0.360. The Morgan fingerprint density at radius 1 is 1.12 bits per heavy atom. The summed E-state index contributed by atoms with van der Waals surface area (Å²) >= 11 is 0. The lowest BCUT2D eigenvalue weighted by Gasteiger charge is -2.30. The Kier molecular flexibility index (Phi) is 6.23. The molecule has 0 unspecified atom stereocenters. The number of anilines is 3. The van der Waals surface area contributed by atoms with Crippen LogP contribution in [0.4, 0.5) is 17.1 Å². The van der Waals surface area contributed by atoms with Gasteiger partial charge in [-0.1, -0.05) is 30.3 Å². The van der Waals surface area contributed by atoms with Gasteiger partial charge >= 0.3 is 0 Å². The van der Waals surface area contributed by atoms with Gasteiger partial charge in [0.05, 0.1) is 23.3 Å². The molecule has 3 aromatic rings. The maximum Gasteiger partial charge on any atom is 0.264 e. The molecule has 0 aromatic heterocycles. The molecule has 0 atom stereocenters. The Morgan fingerprint density at radius 2 is 1.88 bits per heavy atom. The molecule has 0 saturated carbocycles. The number of nitrogens with one attached hydrogen (secondary N) is 1. The van der Waals surface area contributed by atoms with Gasteiger partial charge in [-0.25, -0.2) is 8.42 Å². The predicted molar refractivity (Wildman–Crippen MR) is 124 cm³/mol. The summed E-state index contributed by atoms with van der Waals surface area (Å²) in [6, 6.07) is 17.5. The van der Waals surface area contributed by atoms with Crippen LogP contribution in [0.1, 0.15) is 22.3 Å². The van der Waals surface area contributed by atoms with Crippen molar-refractivity contribution in [2.45, 2.75) is 17.7 Å². The third-order valence-corrected chi connectivity index (χ3v) is 7.21. The number of rotatable bonds is 6. The minimum absolute atomic E-state index is 0.0141. The molecule has 172 valence electrons. The van der Waals surface area contributed by atoms with E-state index in [0.717, 1.165) is 12.0 Å². The Morgan fingerprint density at radius 3 is 2.64 bits per heavy atom. The number of ether oxygens (including phenoxy) is 1. The van der Waals surface area contributed by atoms with E-state index in [1.807, 2.05) is 12.1 Å². The first kappa shape index (κ1) is 22.6. The summed E-state index contributed by atoms with van der Waals surface area (Å²) < 4.78 is 33.2. The van der Waals surface area contributed by atoms with Crippen molar-refractivity contribution in [1.82, 2.24) is 0 Å². The van der Waals surface area contributed by atoms with Crippen LogP contribution in [0.3, 0.4) is 0 Å². The van der Waals surface area contributed by atoms with Gasteiger partial charge in [-0.3, -0.25) is 14.3 Å². The van der Waals surface area contributed by atoms with Gasteiger partial charge < -0.3 is 20.5 Å². The Labute approximate surface area is 191 Å². The smallest absolute Gasteiger partial charge is 0.264 e. The molecule has 1 heterocycles. The van der Waals surface area contributed by atoms with Crippen LogP contribution in [0.5, 0.6) is 5.75 Å². The minimum Gasteiger partial charge on any atom is -0.733 e. The molecule has 0 bridgehead atoms. The molecular formula is C23H22N3O6S-. The van der Waals surface area contributed by atoms with Crippen molar-refractivity contribution in [1.29, 1.82) is 0 Å². The van der Waals surface area contributed by atoms with E-state index in [0.29, 0.717) is 18.7 Å². The van der Waals surface area contributed by atoms with E-state index in [1.165, 1.54) is 53.9 Å². The van der Waals surface area contributed by atoms with E-state index in [2.05, 4.69) is 5.32 Å². The van der Waals surface area contributed by atoms with Gasteiger partial charge in [0.1, 0.15) is 11.4 Å². The SMILES string of the molecule is COc1cccc(C(=O)Nc2cccc(S(=O)(=O)N3CCCc4ccccc43)c2)c1N([O-])O. The highest BCUT2D eigenvalue weighted by molar-refractivity contribution is 7.92. The molecule has 1 aliphatic heterocycles. The predicted octanol–water partition coefficient (Wildman–Crippen LogP) is 3.78. The van der Waals surface area contributed by atoms with Crippen LogP contribution in [0.15, 0.2) is 71.6 Å². The largest absolute Gasteiger partial charge is 0.733 e. The van der Waals surface area contributed by atoms with Gasteiger partial charge in [0.25, 0.3) is 15.9 Å². The van der Waals surface area contributed by atoms with Crippen molar-refractivity contribution in [2.75, 3.05) is 28.5 Å². The lowest BCUT2D eigenvalue weighted by molar-refractivity contribution is 0.102. The van der Waals surface area contributed by atoms with Crippen LogP contribution >= 0.6 is 0 Å². The normalized spacial score (nSPS) is 13.2. The molecule has 0 saturated heterocycles. The fraction of sp³-hybridized carbons (Fsp3) is 0.174. The number of fused-ring (bicyclic) bond motifs is 1. The van der Waals surface area contributed by atoms with Crippen LogP contribution in [-0.2, 0) is 16.4 Å². The Bertz CT molecular complexity index is 1290. The molecule has 1 amide bonds. The van der Waals surface area contributed by atoms with Crippen molar-refractivity contribution >= 4 is 33.0 Å². The van der Waals surface area contributed by atoms with E-state index >= 15 is 0 Å². The van der Waals surface area contributed by atoms with Crippen LogP contribution in [-0.4, -0.2) is 33.2 Å². The summed E-state index contributed by atoms with van der Waals surface area (Å²) in [7, 11) is -2.56. The highest BCUT2D eigenvalue weighted by Crippen LogP contribution is 2.33. The highest BCUT2D eigenvalue weighted by atomic mass is 32.2. The maximum atomic E-state index is 13.4. The standard InChI is InChI=1S/C23H22N3O6S/c1-32-21-13-5-11-19(22(21)26(28)29)23(27)24-17-9-4-10-18(15-17)33(30,31)25-14-6-8-16-7-2-3-12-20(16)25/h2-5,7,9-13,15,28H,6,8,14H2,1H3,(H,24,27)/q-1. The zero-order valence-corrected chi connectivity index (χ0v) is 18.6. The number of para-hydroxylation sites is 2. The van der Waals surface area contributed by atoms with E-state index in [4.69, 9.17) is 4.74 Å². The highest BCUT2D eigenvalue weighted by Gasteiger charge is 2.29. The number of aryl methyl sites for hydroxylation is 1. The molecule has 0 radical (unpaired) electrons. The van der Waals surface area contributed by atoms with Gasteiger partial charge in [-0.15, -0.1) is 0 Å². The quantitative estimate of drug-likeness (QED) is 0.528. The van der Waals surface area contributed by atoms with Gasteiger partial charge in [0, 0.05) is 12.2 Å². The average molecular weight is 469 g/mol. The number of amides is 1. The zero-order chi connectivity index (χ0) is 23.6. The maximum absolute atomic E-state index is 13.4. The summed E-state index contributed by atoms with van der Waals surface area (Å²) in [5.74, 6) is -0.697. The molecular weight excluding hydrogens is 446 g/mol. The first-order valence-corrected chi connectivity index (χ1v) is 11.6. The van der Waals surface area contributed by atoms with Gasteiger partial charge in [0.2, 0.25) is 0 Å². The van der Waals surface area contributed by atoms with Crippen molar-refractivity contribution in [3.8, 4) is 5.75 Å². The van der Waals surface area contributed by atoms with E-state index in [-0.39, 0.29) is 27.6 Å². The van der Waals surface area contributed by atoms with Crippen molar-refractivity contribution in [3.05, 3.63) is 83.1 Å². The van der Waals surface area contributed by atoms with Gasteiger partial charge in [-0.2, -0.15) is 0 Å². The minimum atomic E-state index is -3.87. The number of hydrogen-bond donors (Lipinski definition) is 2. The molecule has 0 spiro atoms. The molecule has 9 nitrogen and oxygen atoms in total. The first-order valence-electron chi connectivity index (χ1n) is 10.2. The second kappa shape index (κ2) is 9.10. The van der Waals surface area contributed by atoms with Crippen LogP contribution in [0.2, 0.25) is 0 Å². The number of sulfonamides is 1. The molecule has 33 heavy (non-hydrogen) atoms. The van der Waals surface area contributed by atoms with Crippen molar-refractivity contribution in [3.63, 3.8) is 0 Å². The summed E-state index contributed by atoms with van der Waals surface area (Å²) in [5.41, 5.74) is 1.35.